The Morgan fingerprint density at radius 3 is 0.667 bits per heavy atom. The van der Waals surface area contributed by atoms with Gasteiger partial charge in [0.2, 0.25) is 0 Å². The van der Waals surface area contributed by atoms with Crippen molar-refractivity contribution >= 4 is 64.6 Å². The fourth-order valence-electron chi connectivity index (χ4n) is 2.42. The molecule has 0 unspecified atom stereocenters. The van der Waals surface area contributed by atoms with E-state index in [9.17, 15) is 0 Å². The Morgan fingerprint density at radius 1 is 0.296 bits per heavy atom. The second kappa shape index (κ2) is 12.9. The van der Waals surface area contributed by atoms with Crippen LogP contribution >= 0.6 is 17.2 Å². The van der Waals surface area contributed by atoms with Gasteiger partial charge in [-0.2, -0.15) is 0 Å². The van der Waals surface area contributed by atoms with Crippen molar-refractivity contribution in [1.82, 2.24) is 0 Å². The molecule has 0 aliphatic carbocycles. The van der Waals surface area contributed by atoms with Crippen LogP contribution in [0.2, 0.25) is 0 Å². The SMILES string of the molecule is [Bi].c1ccc(Pc2ccccc2)cc1.c1ccc(Pc2ccccc2)cc1. The number of benzene rings is 4. The molecule has 4 aromatic rings. The third-order valence-electron chi connectivity index (χ3n) is 3.67. The summed E-state index contributed by atoms with van der Waals surface area (Å²) in [6.45, 7) is 0. The van der Waals surface area contributed by atoms with E-state index in [1.54, 1.807) is 0 Å². The van der Waals surface area contributed by atoms with Crippen LogP contribution in [0.5, 0.6) is 0 Å². The summed E-state index contributed by atoms with van der Waals surface area (Å²) in [6, 6.07) is 42.3. The van der Waals surface area contributed by atoms with E-state index in [2.05, 4.69) is 121 Å². The van der Waals surface area contributed by atoms with Crippen molar-refractivity contribution in [3.05, 3.63) is 121 Å². The van der Waals surface area contributed by atoms with E-state index < -0.39 is 0 Å². The Balaban J connectivity index is 0.000000187. The Labute approximate surface area is 185 Å². The molecular weight excluding hydrogens is 559 g/mol. The number of hydrogen-bond acceptors (Lipinski definition) is 0. The van der Waals surface area contributed by atoms with Crippen molar-refractivity contribution in [2.75, 3.05) is 0 Å². The van der Waals surface area contributed by atoms with Crippen molar-refractivity contribution in [3.8, 4) is 0 Å². The first kappa shape index (κ1) is 21.9. The van der Waals surface area contributed by atoms with Gasteiger partial charge < -0.3 is 0 Å². The fraction of sp³-hybridized carbons (Fsp3) is 0. The summed E-state index contributed by atoms with van der Waals surface area (Å²) in [5.41, 5.74) is 0. The predicted octanol–water partition coefficient (Wildman–Crippen LogP) is 4.25. The molecule has 0 aliphatic heterocycles. The summed E-state index contributed by atoms with van der Waals surface area (Å²) in [4.78, 5) is 0. The van der Waals surface area contributed by atoms with Gasteiger partial charge in [-0.3, -0.25) is 0 Å². The van der Waals surface area contributed by atoms with Gasteiger partial charge in [-0.25, -0.2) is 0 Å². The molecule has 27 heavy (non-hydrogen) atoms. The van der Waals surface area contributed by atoms with E-state index in [0.29, 0.717) is 0 Å². The summed E-state index contributed by atoms with van der Waals surface area (Å²) in [7, 11) is 1.55. The van der Waals surface area contributed by atoms with Crippen LogP contribution in [-0.2, 0) is 0 Å². The molecule has 4 rings (SSSR count). The van der Waals surface area contributed by atoms with Crippen LogP contribution in [0.25, 0.3) is 0 Å². The van der Waals surface area contributed by atoms with Crippen molar-refractivity contribution in [2.45, 2.75) is 0 Å². The molecule has 0 saturated carbocycles. The van der Waals surface area contributed by atoms with Gasteiger partial charge >= 0.3 is 0 Å². The summed E-state index contributed by atoms with van der Waals surface area (Å²) >= 11 is 0. The number of hydrogen-bond donors (Lipinski definition) is 0. The average molecular weight is 581 g/mol. The van der Waals surface area contributed by atoms with Crippen molar-refractivity contribution in [2.24, 2.45) is 0 Å². The van der Waals surface area contributed by atoms with E-state index in [4.69, 9.17) is 0 Å². The van der Waals surface area contributed by atoms with Gasteiger partial charge in [0.1, 0.15) is 0 Å². The van der Waals surface area contributed by atoms with Gasteiger partial charge in [0.25, 0.3) is 0 Å². The quantitative estimate of drug-likeness (QED) is 0.250. The van der Waals surface area contributed by atoms with E-state index in [1.807, 2.05) is 0 Å². The molecule has 0 atom stereocenters. The molecule has 0 nitrogen and oxygen atoms in total. The largest absolute Gasteiger partial charge is 0.0622 e. The Kier molecular flexibility index (Phi) is 10.5. The van der Waals surface area contributed by atoms with E-state index in [0.717, 1.165) is 17.2 Å². The molecule has 3 radical (unpaired) electrons. The van der Waals surface area contributed by atoms with Gasteiger partial charge in [-0.1, -0.05) is 138 Å². The molecule has 3 heteroatoms. The third-order valence-corrected chi connectivity index (χ3v) is 6.16. The molecule has 0 spiro atoms. The molecule has 0 fully saturated rings. The molecule has 0 amide bonds. The minimum atomic E-state index is 0. The van der Waals surface area contributed by atoms with Crippen LogP contribution in [0.3, 0.4) is 0 Å². The number of rotatable bonds is 4. The van der Waals surface area contributed by atoms with Crippen LogP contribution in [0.4, 0.5) is 0 Å². The van der Waals surface area contributed by atoms with Crippen molar-refractivity contribution in [1.29, 1.82) is 0 Å². The molecule has 0 aromatic heterocycles. The van der Waals surface area contributed by atoms with Crippen molar-refractivity contribution in [3.63, 3.8) is 0 Å². The molecule has 0 saturated heterocycles. The molecule has 4 aromatic carbocycles. The van der Waals surface area contributed by atoms with Gasteiger partial charge in [-0.15, -0.1) is 0 Å². The average Bonchev–Trinajstić information content (AvgIpc) is 2.72. The zero-order valence-electron chi connectivity index (χ0n) is 15.0. The summed E-state index contributed by atoms with van der Waals surface area (Å²) in [5.74, 6) is 0. The fourth-order valence-corrected chi connectivity index (χ4v) is 4.52. The van der Waals surface area contributed by atoms with Crippen LogP contribution in [0.15, 0.2) is 121 Å². The Hall–Kier alpha value is -1.38. The van der Waals surface area contributed by atoms with E-state index in [1.165, 1.54) is 21.2 Å². The van der Waals surface area contributed by atoms with Gasteiger partial charge in [-0.05, 0) is 21.2 Å². The van der Waals surface area contributed by atoms with Gasteiger partial charge in [0.05, 0.1) is 0 Å². The Bertz CT molecular complexity index is 715. The first-order valence-corrected chi connectivity index (χ1v) is 10.6. The minimum absolute atomic E-state index is 0. The summed E-state index contributed by atoms with van der Waals surface area (Å²) in [5, 5.41) is 5.59. The van der Waals surface area contributed by atoms with Crippen LogP contribution in [0, 0.1) is 0 Å². The van der Waals surface area contributed by atoms with Crippen molar-refractivity contribution < 1.29 is 0 Å². The zero-order chi connectivity index (χ0) is 17.9. The summed E-state index contributed by atoms with van der Waals surface area (Å²) in [6.07, 6.45) is 0. The minimum Gasteiger partial charge on any atom is -0.0622 e. The monoisotopic (exact) mass is 581 g/mol. The maximum atomic E-state index is 2.17. The molecule has 0 bridgehead atoms. The second-order valence-corrected chi connectivity index (χ2v) is 8.52. The molecule has 0 aliphatic rings. The standard InChI is InChI=1S/2C12H11P.Bi/c2*1-3-7-11(8-4-1)13-12-9-5-2-6-10-12;/h2*1-10,13H;. The normalized spacial score (nSPS) is 9.48. The first-order chi connectivity index (χ1) is 12.9. The molecule has 0 heterocycles. The molecular formula is C24H22BiP2. The van der Waals surface area contributed by atoms with E-state index >= 15 is 0 Å². The van der Waals surface area contributed by atoms with Crippen LogP contribution in [-0.4, -0.2) is 26.2 Å². The molecule has 133 valence electrons. The van der Waals surface area contributed by atoms with Gasteiger partial charge in [0.15, 0.2) is 0 Å². The molecule has 0 N–H and O–H groups in total. The Morgan fingerprint density at radius 2 is 0.481 bits per heavy atom. The van der Waals surface area contributed by atoms with E-state index in [-0.39, 0.29) is 26.2 Å². The van der Waals surface area contributed by atoms with Crippen LogP contribution < -0.4 is 21.2 Å². The summed E-state index contributed by atoms with van der Waals surface area (Å²) < 4.78 is 0. The maximum Gasteiger partial charge on any atom is 0 e. The predicted molar refractivity (Wildman–Crippen MR) is 127 cm³/mol. The first-order valence-electron chi connectivity index (χ1n) is 8.64. The van der Waals surface area contributed by atoms with Gasteiger partial charge in [0, 0.05) is 26.2 Å². The maximum absolute atomic E-state index is 2.17. The smallest absolute Gasteiger partial charge is 0 e. The second-order valence-electron chi connectivity index (χ2n) is 5.71. The van der Waals surface area contributed by atoms with Crippen LogP contribution in [0.1, 0.15) is 0 Å². The topological polar surface area (TPSA) is 0 Å². The third kappa shape index (κ3) is 8.45. The zero-order valence-corrected chi connectivity index (χ0v) is 20.5.